The van der Waals surface area contributed by atoms with Crippen molar-refractivity contribution < 1.29 is 9.13 Å². The smallest absolute Gasteiger partial charge is 0.145 e. The van der Waals surface area contributed by atoms with Crippen molar-refractivity contribution in [3.63, 3.8) is 0 Å². The summed E-state index contributed by atoms with van der Waals surface area (Å²) < 4.78 is 18.3. The summed E-state index contributed by atoms with van der Waals surface area (Å²) >= 11 is 0. The van der Waals surface area contributed by atoms with Gasteiger partial charge in [0.15, 0.2) is 0 Å². The molecule has 0 spiro atoms. The van der Waals surface area contributed by atoms with Crippen LogP contribution in [0.1, 0.15) is 0 Å². The van der Waals surface area contributed by atoms with E-state index in [1.54, 1.807) is 13.2 Å². The quantitative estimate of drug-likeness (QED) is 0.758. The predicted octanol–water partition coefficient (Wildman–Crippen LogP) is 1.59. The Labute approximate surface area is 95.4 Å². The molecule has 1 aromatic rings. The van der Waals surface area contributed by atoms with E-state index in [-0.39, 0.29) is 5.82 Å². The minimum Gasteiger partial charge on any atom is -0.494 e. The largest absolute Gasteiger partial charge is 0.494 e. The minimum atomic E-state index is -0.255. The molecule has 0 N–H and O–H groups in total. The SMILES string of the molecule is COc1cc(F)ccc1N1CCN(C)CC1. The van der Waals surface area contributed by atoms with Crippen molar-refractivity contribution in [1.82, 2.24) is 4.90 Å². The normalized spacial score (nSPS) is 17.6. The van der Waals surface area contributed by atoms with Gasteiger partial charge in [-0.15, -0.1) is 0 Å². The Morgan fingerprint density at radius 3 is 2.50 bits per heavy atom. The van der Waals surface area contributed by atoms with Crippen LogP contribution in [0.5, 0.6) is 5.75 Å². The lowest BCUT2D eigenvalue weighted by Gasteiger charge is -2.34. The van der Waals surface area contributed by atoms with Crippen LogP contribution < -0.4 is 9.64 Å². The zero-order valence-corrected chi connectivity index (χ0v) is 9.74. The van der Waals surface area contributed by atoms with Gasteiger partial charge in [0.2, 0.25) is 0 Å². The highest BCUT2D eigenvalue weighted by molar-refractivity contribution is 5.58. The molecule has 2 rings (SSSR count). The number of rotatable bonds is 2. The Balaban J connectivity index is 2.19. The molecule has 4 heteroatoms. The van der Waals surface area contributed by atoms with Gasteiger partial charge in [-0.2, -0.15) is 0 Å². The lowest BCUT2D eigenvalue weighted by Crippen LogP contribution is -2.44. The molecule has 3 nitrogen and oxygen atoms in total. The highest BCUT2D eigenvalue weighted by Crippen LogP contribution is 2.29. The summed E-state index contributed by atoms with van der Waals surface area (Å²) in [4.78, 5) is 4.52. The monoisotopic (exact) mass is 224 g/mol. The van der Waals surface area contributed by atoms with E-state index in [0.29, 0.717) is 5.75 Å². The number of likely N-dealkylation sites (N-methyl/N-ethyl adjacent to an activating group) is 1. The average molecular weight is 224 g/mol. The van der Waals surface area contributed by atoms with Crippen LogP contribution in [-0.2, 0) is 0 Å². The fourth-order valence-electron chi connectivity index (χ4n) is 1.96. The van der Waals surface area contributed by atoms with Gasteiger partial charge in [-0.05, 0) is 19.2 Å². The number of benzene rings is 1. The number of methoxy groups -OCH3 is 1. The topological polar surface area (TPSA) is 15.7 Å². The first-order valence-electron chi connectivity index (χ1n) is 5.48. The molecule has 1 heterocycles. The maximum atomic E-state index is 13.1. The van der Waals surface area contributed by atoms with Crippen LogP contribution in [0.3, 0.4) is 0 Å². The molecule has 0 amide bonds. The second kappa shape index (κ2) is 4.70. The van der Waals surface area contributed by atoms with Crippen molar-refractivity contribution >= 4 is 5.69 Å². The molecule has 0 unspecified atom stereocenters. The second-order valence-corrected chi connectivity index (χ2v) is 4.11. The summed E-state index contributed by atoms with van der Waals surface area (Å²) in [5.41, 5.74) is 0.983. The number of halogens is 1. The Kier molecular flexibility index (Phi) is 3.29. The van der Waals surface area contributed by atoms with Gasteiger partial charge in [0.05, 0.1) is 12.8 Å². The van der Waals surface area contributed by atoms with Gasteiger partial charge in [0.25, 0.3) is 0 Å². The van der Waals surface area contributed by atoms with Gasteiger partial charge in [-0.1, -0.05) is 0 Å². The fourth-order valence-corrected chi connectivity index (χ4v) is 1.96. The fraction of sp³-hybridized carbons (Fsp3) is 0.500. The standard InChI is InChI=1S/C12H17FN2O/c1-14-5-7-15(8-6-14)11-4-3-10(13)9-12(11)16-2/h3-4,9H,5-8H2,1-2H3. The van der Waals surface area contributed by atoms with Crippen LogP contribution in [0.25, 0.3) is 0 Å². The van der Waals surface area contributed by atoms with Crippen LogP contribution in [0.15, 0.2) is 18.2 Å². The van der Waals surface area contributed by atoms with Crippen molar-refractivity contribution in [3.8, 4) is 5.75 Å². The molecule has 1 aliphatic rings. The van der Waals surface area contributed by atoms with E-state index in [1.165, 1.54) is 12.1 Å². The first kappa shape index (κ1) is 11.2. The molecule has 0 atom stereocenters. The third kappa shape index (κ3) is 2.27. The first-order valence-corrected chi connectivity index (χ1v) is 5.48. The van der Waals surface area contributed by atoms with E-state index < -0.39 is 0 Å². The third-order valence-electron chi connectivity index (χ3n) is 2.99. The summed E-state index contributed by atoms with van der Waals surface area (Å²) in [7, 11) is 3.69. The van der Waals surface area contributed by atoms with E-state index in [1.807, 2.05) is 0 Å². The molecule has 16 heavy (non-hydrogen) atoms. The molecular formula is C12H17FN2O. The zero-order chi connectivity index (χ0) is 11.5. The third-order valence-corrected chi connectivity index (χ3v) is 2.99. The second-order valence-electron chi connectivity index (χ2n) is 4.11. The summed E-state index contributed by atoms with van der Waals surface area (Å²) in [6, 6.07) is 4.71. The van der Waals surface area contributed by atoms with Gasteiger partial charge in [0.1, 0.15) is 11.6 Å². The Hall–Kier alpha value is -1.29. The molecule has 88 valence electrons. The maximum absolute atomic E-state index is 13.1. The molecule has 0 radical (unpaired) electrons. The molecule has 0 bridgehead atoms. The van der Waals surface area contributed by atoms with E-state index in [0.717, 1.165) is 31.9 Å². The number of piperazine rings is 1. The number of nitrogens with zero attached hydrogens (tertiary/aromatic N) is 2. The van der Waals surface area contributed by atoms with Crippen LogP contribution in [0, 0.1) is 5.82 Å². The van der Waals surface area contributed by atoms with Gasteiger partial charge in [0, 0.05) is 32.2 Å². The number of hydrogen-bond acceptors (Lipinski definition) is 3. The molecule has 1 aliphatic heterocycles. The molecule has 0 saturated carbocycles. The van der Waals surface area contributed by atoms with Crippen molar-refractivity contribution in [2.45, 2.75) is 0 Å². The van der Waals surface area contributed by atoms with E-state index in [4.69, 9.17) is 4.74 Å². The van der Waals surface area contributed by atoms with E-state index in [9.17, 15) is 4.39 Å². The predicted molar refractivity (Wildman–Crippen MR) is 62.7 cm³/mol. The van der Waals surface area contributed by atoms with Crippen molar-refractivity contribution in [2.75, 3.05) is 45.2 Å². The lowest BCUT2D eigenvalue weighted by atomic mass is 10.2. The van der Waals surface area contributed by atoms with E-state index >= 15 is 0 Å². The highest BCUT2D eigenvalue weighted by atomic mass is 19.1. The van der Waals surface area contributed by atoms with Crippen LogP contribution >= 0.6 is 0 Å². The molecular weight excluding hydrogens is 207 g/mol. The Morgan fingerprint density at radius 1 is 1.19 bits per heavy atom. The van der Waals surface area contributed by atoms with Crippen molar-refractivity contribution in [2.24, 2.45) is 0 Å². The maximum Gasteiger partial charge on any atom is 0.145 e. The van der Waals surface area contributed by atoms with Gasteiger partial charge in [-0.3, -0.25) is 0 Å². The highest BCUT2D eigenvalue weighted by Gasteiger charge is 2.17. The lowest BCUT2D eigenvalue weighted by molar-refractivity contribution is 0.311. The van der Waals surface area contributed by atoms with Crippen LogP contribution in [-0.4, -0.2) is 45.2 Å². The molecule has 0 aliphatic carbocycles. The summed E-state index contributed by atoms with van der Waals surface area (Å²) in [6.45, 7) is 3.97. The summed E-state index contributed by atoms with van der Waals surface area (Å²) in [6.07, 6.45) is 0. The number of anilines is 1. The number of ether oxygens (including phenoxy) is 1. The summed E-state index contributed by atoms with van der Waals surface area (Å²) in [5, 5.41) is 0. The molecule has 0 aromatic heterocycles. The van der Waals surface area contributed by atoms with E-state index in [2.05, 4.69) is 16.8 Å². The number of hydrogen-bond donors (Lipinski definition) is 0. The molecule has 1 fully saturated rings. The van der Waals surface area contributed by atoms with Crippen LogP contribution in [0.2, 0.25) is 0 Å². The van der Waals surface area contributed by atoms with Crippen molar-refractivity contribution in [1.29, 1.82) is 0 Å². The zero-order valence-electron chi connectivity index (χ0n) is 9.74. The average Bonchev–Trinajstić information content (AvgIpc) is 2.30. The van der Waals surface area contributed by atoms with Gasteiger partial charge < -0.3 is 14.5 Å². The van der Waals surface area contributed by atoms with Gasteiger partial charge >= 0.3 is 0 Å². The Morgan fingerprint density at radius 2 is 1.88 bits per heavy atom. The summed E-state index contributed by atoms with van der Waals surface area (Å²) in [5.74, 6) is 0.360. The van der Waals surface area contributed by atoms with Crippen molar-refractivity contribution in [3.05, 3.63) is 24.0 Å². The minimum absolute atomic E-state index is 0.255. The van der Waals surface area contributed by atoms with Crippen LogP contribution in [0.4, 0.5) is 10.1 Å². The molecule has 1 saturated heterocycles. The van der Waals surface area contributed by atoms with Gasteiger partial charge in [-0.25, -0.2) is 4.39 Å². The first-order chi connectivity index (χ1) is 7.70. The molecule has 1 aromatic carbocycles. The Bertz CT molecular complexity index is 362.